The van der Waals surface area contributed by atoms with Crippen LogP contribution in [-0.2, 0) is 9.53 Å². The van der Waals surface area contributed by atoms with Crippen molar-refractivity contribution in [3.8, 4) is 5.75 Å². The molecule has 0 aromatic heterocycles. The van der Waals surface area contributed by atoms with Gasteiger partial charge in [0.2, 0.25) is 0 Å². The number of nitrogens with one attached hydrogen (secondary N) is 1. The van der Waals surface area contributed by atoms with Crippen LogP contribution in [0.3, 0.4) is 0 Å². The maximum atomic E-state index is 10.6. The number of primary amides is 1. The molecule has 20 heavy (non-hydrogen) atoms. The molecule has 2 rings (SSSR count). The number of hydrogen-bond donors (Lipinski definition) is 2. The zero-order chi connectivity index (χ0) is 14.4. The van der Waals surface area contributed by atoms with E-state index in [9.17, 15) is 4.79 Å². The van der Waals surface area contributed by atoms with Crippen LogP contribution in [-0.4, -0.2) is 31.3 Å². The largest absolute Gasteiger partial charge is 0.484 e. The van der Waals surface area contributed by atoms with Crippen LogP contribution in [0.1, 0.15) is 26.2 Å². The predicted octanol–water partition coefficient (Wildman–Crippen LogP) is 1.92. The molecule has 1 aliphatic rings. The first-order valence-electron chi connectivity index (χ1n) is 7.06. The second-order valence-electron chi connectivity index (χ2n) is 5.05. The molecule has 3 N–H and O–H groups in total. The van der Waals surface area contributed by atoms with Crippen molar-refractivity contribution >= 4 is 11.6 Å². The highest BCUT2D eigenvalue weighted by Gasteiger charge is 2.20. The minimum Gasteiger partial charge on any atom is -0.484 e. The lowest BCUT2D eigenvalue weighted by molar-refractivity contribution is -0.119. The smallest absolute Gasteiger partial charge is 0.255 e. The summed E-state index contributed by atoms with van der Waals surface area (Å²) in [6, 6.07) is 8.02. The number of ether oxygens (including phenoxy) is 2. The van der Waals surface area contributed by atoms with Crippen LogP contribution in [0.4, 0.5) is 5.69 Å². The fraction of sp³-hybridized carbons (Fsp3) is 0.533. The molecule has 1 aliphatic heterocycles. The molecule has 110 valence electrons. The van der Waals surface area contributed by atoms with Crippen LogP contribution in [0.15, 0.2) is 24.3 Å². The van der Waals surface area contributed by atoms with Gasteiger partial charge in [-0.15, -0.1) is 0 Å². The highest BCUT2D eigenvalue weighted by atomic mass is 16.5. The van der Waals surface area contributed by atoms with Gasteiger partial charge in [0.05, 0.1) is 6.10 Å². The maximum Gasteiger partial charge on any atom is 0.255 e. The van der Waals surface area contributed by atoms with Crippen LogP contribution >= 0.6 is 0 Å². The maximum absolute atomic E-state index is 10.6. The third-order valence-electron chi connectivity index (χ3n) is 3.43. The molecule has 1 heterocycles. The van der Waals surface area contributed by atoms with Crippen LogP contribution in [0.2, 0.25) is 0 Å². The molecule has 0 bridgehead atoms. The molecule has 0 radical (unpaired) electrons. The highest BCUT2D eigenvalue weighted by Crippen LogP contribution is 2.22. The first-order chi connectivity index (χ1) is 9.67. The standard InChI is InChI=1S/C15H22N2O3/c1-2-13-9-12(7-8-19-13)17-11-3-5-14(6-4-11)20-10-15(16)18/h3-6,12-13,17H,2,7-10H2,1H3,(H2,16,18). The van der Waals surface area contributed by atoms with E-state index >= 15 is 0 Å². The van der Waals surface area contributed by atoms with E-state index in [1.165, 1.54) is 0 Å². The molecule has 0 aliphatic carbocycles. The Hall–Kier alpha value is -1.75. The first-order valence-corrected chi connectivity index (χ1v) is 7.06. The van der Waals surface area contributed by atoms with Gasteiger partial charge >= 0.3 is 0 Å². The van der Waals surface area contributed by atoms with Gasteiger partial charge in [0.25, 0.3) is 5.91 Å². The third-order valence-corrected chi connectivity index (χ3v) is 3.43. The summed E-state index contributed by atoms with van der Waals surface area (Å²) in [4.78, 5) is 10.6. The molecule has 1 aromatic rings. The average Bonchev–Trinajstić information content (AvgIpc) is 2.47. The quantitative estimate of drug-likeness (QED) is 0.833. The highest BCUT2D eigenvalue weighted by molar-refractivity contribution is 5.75. The number of carbonyl (C=O) groups is 1. The second-order valence-corrected chi connectivity index (χ2v) is 5.05. The SMILES string of the molecule is CCC1CC(Nc2ccc(OCC(N)=O)cc2)CCO1. The van der Waals surface area contributed by atoms with Crippen molar-refractivity contribution in [1.29, 1.82) is 0 Å². The Morgan fingerprint density at radius 1 is 1.45 bits per heavy atom. The molecule has 0 spiro atoms. The van der Waals surface area contributed by atoms with Crippen molar-refractivity contribution in [2.24, 2.45) is 5.73 Å². The minimum atomic E-state index is -0.472. The number of rotatable bonds is 6. The van der Waals surface area contributed by atoms with Crippen LogP contribution < -0.4 is 15.8 Å². The van der Waals surface area contributed by atoms with Crippen molar-refractivity contribution in [1.82, 2.24) is 0 Å². The van der Waals surface area contributed by atoms with E-state index in [0.717, 1.165) is 31.6 Å². The van der Waals surface area contributed by atoms with Crippen LogP contribution in [0.25, 0.3) is 0 Å². The average molecular weight is 278 g/mol. The van der Waals surface area contributed by atoms with Crippen LogP contribution in [0, 0.1) is 0 Å². The number of nitrogens with two attached hydrogens (primary N) is 1. The Morgan fingerprint density at radius 2 is 2.20 bits per heavy atom. The van der Waals surface area contributed by atoms with Gasteiger partial charge in [0.1, 0.15) is 5.75 Å². The Labute approximate surface area is 119 Å². The molecule has 2 unspecified atom stereocenters. The molecule has 0 saturated carbocycles. The van der Waals surface area contributed by atoms with Crippen LogP contribution in [0.5, 0.6) is 5.75 Å². The lowest BCUT2D eigenvalue weighted by Crippen LogP contribution is -2.33. The van der Waals surface area contributed by atoms with E-state index in [1.54, 1.807) is 0 Å². The number of carbonyl (C=O) groups excluding carboxylic acids is 1. The molecular weight excluding hydrogens is 256 g/mol. The third kappa shape index (κ3) is 4.42. The fourth-order valence-corrected chi connectivity index (χ4v) is 2.33. The van der Waals surface area contributed by atoms with E-state index in [2.05, 4.69) is 12.2 Å². The van der Waals surface area contributed by atoms with E-state index < -0.39 is 5.91 Å². The number of benzene rings is 1. The first kappa shape index (κ1) is 14.7. The van der Waals surface area contributed by atoms with Gasteiger partial charge < -0.3 is 20.5 Å². The number of hydrogen-bond acceptors (Lipinski definition) is 4. The second kappa shape index (κ2) is 7.14. The monoisotopic (exact) mass is 278 g/mol. The Kier molecular flexibility index (Phi) is 5.24. The Morgan fingerprint density at radius 3 is 2.85 bits per heavy atom. The van der Waals surface area contributed by atoms with Gasteiger partial charge in [0, 0.05) is 18.3 Å². The predicted molar refractivity (Wildman–Crippen MR) is 77.8 cm³/mol. The summed E-state index contributed by atoms with van der Waals surface area (Å²) in [6.45, 7) is 2.87. The Balaban J connectivity index is 1.85. The van der Waals surface area contributed by atoms with Crippen molar-refractivity contribution in [2.45, 2.75) is 38.3 Å². The molecule has 5 heteroatoms. The van der Waals surface area contributed by atoms with Crippen molar-refractivity contribution in [3.63, 3.8) is 0 Å². The van der Waals surface area contributed by atoms with Crippen molar-refractivity contribution in [2.75, 3.05) is 18.5 Å². The van der Waals surface area contributed by atoms with Gasteiger partial charge in [-0.25, -0.2) is 0 Å². The Bertz CT molecular complexity index is 433. The molecule has 1 amide bonds. The lowest BCUT2D eigenvalue weighted by Gasteiger charge is -2.30. The van der Waals surface area contributed by atoms with Crippen molar-refractivity contribution in [3.05, 3.63) is 24.3 Å². The van der Waals surface area contributed by atoms with Gasteiger partial charge in [-0.2, -0.15) is 0 Å². The van der Waals surface area contributed by atoms with Gasteiger partial charge in [0.15, 0.2) is 6.61 Å². The summed E-state index contributed by atoms with van der Waals surface area (Å²) < 4.78 is 10.9. The molecule has 2 atom stereocenters. The molecule has 1 saturated heterocycles. The molecule has 5 nitrogen and oxygen atoms in total. The number of anilines is 1. The number of amides is 1. The fourth-order valence-electron chi connectivity index (χ4n) is 2.33. The van der Waals surface area contributed by atoms with E-state index in [4.69, 9.17) is 15.2 Å². The molecule has 1 aromatic carbocycles. The van der Waals surface area contributed by atoms with Gasteiger partial charge in [-0.3, -0.25) is 4.79 Å². The summed E-state index contributed by atoms with van der Waals surface area (Å²) in [7, 11) is 0. The zero-order valence-electron chi connectivity index (χ0n) is 11.8. The zero-order valence-corrected chi connectivity index (χ0v) is 11.8. The lowest BCUT2D eigenvalue weighted by atomic mass is 10.0. The van der Waals surface area contributed by atoms with E-state index in [1.807, 2.05) is 24.3 Å². The normalized spacial score (nSPS) is 22.2. The summed E-state index contributed by atoms with van der Waals surface area (Å²) in [5, 5.41) is 3.51. The summed E-state index contributed by atoms with van der Waals surface area (Å²) in [5.41, 5.74) is 6.09. The van der Waals surface area contributed by atoms with Gasteiger partial charge in [-0.1, -0.05) is 6.92 Å². The van der Waals surface area contributed by atoms with E-state index in [-0.39, 0.29) is 6.61 Å². The van der Waals surface area contributed by atoms with E-state index in [0.29, 0.717) is 17.9 Å². The molecular formula is C15H22N2O3. The topological polar surface area (TPSA) is 73.6 Å². The summed E-state index contributed by atoms with van der Waals surface area (Å²) in [6.07, 6.45) is 3.48. The minimum absolute atomic E-state index is 0.0923. The molecule has 1 fully saturated rings. The van der Waals surface area contributed by atoms with Gasteiger partial charge in [-0.05, 0) is 43.5 Å². The summed E-state index contributed by atoms with van der Waals surface area (Å²) >= 11 is 0. The van der Waals surface area contributed by atoms with Crippen molar-refractivity contribution < 1.29 is 14.3 Å². The summed E-state index contributed by atoms with van der Waals surface area (Å²) in [5.74, 6) is 0.174.